The van der Waals surface area contributed by atoms with E-state index in [-0.39, 0.29) is 12.4 Å². The number of benzene rings is 1. The summed E-state index contributed by atoms with van der Waals surface area (Å²) in [6.07, 6.45) is 5.02. The summed E-state index contributed by atoms with van der Waals surface area (Å²) in [5.74, 6) is -0.594. The first kappa shape index (κ1) is 26.0. The fourth-order valence-corrected chi connectivity index (χ4v) is 6.32. The van der Waals surface area contributed by atoms with Crippen molar-refractivity contribution in [2.45, 2.75) is 25.0 Å². The van der Waals surface area contributed by atoms with Gasteiger partial charge in [0.2, 0.25) is 5.78 Å². The van der Waals surface area contributed by atoms with E-state index in [9.17, 15) is 14.4 Å². The largest absolute Gasteiger partial charge is 0.463 e. The maximum absolute atomic E-state index is 13.7. The summed E-state index contributed by atoms with van der Waals surface area (Å²) >= 11 is 8.84. The van der Waals surface area contributed by atoms with Crippen LogP contribution in [0, 0.1) is 6.92 Å². The number of ketones is 1. The molecule has 36 heavy (non-hydrogen) atoms. The molecular weight excluding hydrogens is 518 g/mol. The van der Waals surface area contributed by atoms with Gasteiger partial charge in [0.15, 0.2) is 0 Å². The number of thioether (sulfide) groups is 1. The van der Waals surface area contributed by atoms with E-state index in [0.717, 1.165) is 15.3 Å². The van der Waals surface area contributed by atoms with Crippen LogP contribution in [0.3, 0.4) is 0 Å². The molecule has 3 aromatic heterocycles. The van der Waals surface area contributed by atoms with Gasteiger partial charge in [-0.2, -0.15) is 0 Å². The summed E-state index contributed by atoms with van der Waals surface area (Å²) in [4.78, 5) is 39.0. The van der Waals surface area contributed by atoms with E-state index in [1.807, 2.05) is 29.7 Å². The van der Waals surface area contributed by atoms with E-state index < -0.39 is 11.9 Å². The fourth-order valence-electron chi connectivity index (χ4n) is 3.83. The molecule has 0 N–H and O–H groups in total. The van der Waals surface area contributed by atoms with Gasteiger partial charge in [-0.1, -0.05) is 17.7 Å². The number of hydrogen-bond acceptors (Lipinski definition) is 7. The molecule has 9 heteroatoms. The highest BCUT2D eigenvalue weighted by atomic mass is 35.5. The Balaban J connectivity index is 1.90. The molecular formula is C27H24ClNO5S2. The van der Waals surface area contributed by atoms with Gasteiger partial charge in [0, 0.05) is 34.0 Å². The first-order valence-corrected chi connectivity index (χ1v) is 13.5. The number of hydrogen-bond donors (Lipinski definition) is 0. The van der Waals surface area contributed by atoms with Crippen LogP contribution in [-0.2, 0) is 14.3 Å². The first-order chi connectivity index (χ1) is 17.3. The second kappa shape index (κ2) is 11.3. The molecule has 1 aromatic carbocycles. The zero-order valence-electron chi connectivity index (χ0n) is 20.0. The molecule has 0 atom stereocenters. The molecule has 0 aliphatic carbocycles. The highest BCUT2D eigenvalue weighted by Gasteiger charge is 2.29. The number of esters is 2. The molecule has 0 fully saturated rings. The molecule has 0 amide bonds. The van der Waals surface area contributed by atoms with Crippen molar-refractivity contribution in [2.75, 3.05) is 19.0 Å². The van der Waals surface area contributed by atoms with Crippen LogP contribution in [0.2, 0.25) is 5.02 Å². The fraction of sp³-hybridized carbons (Fsp3) is 0.222. The molecule has 4 rings (SSSR count). The molecule has 0 unspecified atom stereocenters. The van der Waals surface area contributed by atoms with Crippen LogP contribution in [0.1, 0.15) is 45.0 Å². The average molecular weight is 542 g/mol. The van der Waals surface area contributed by atoms with E-state index >= 15 is 0 Å². The van der Waals surface area contributed by atoms with Crippen molar-refractivity contribution in [3.05, 3.63) is 81.3 Å². The van der Waals surface area contributed by atoms with Crippen molar-refractivity contribution >= 4 is 68.8 Å². The summed E-state index contributed by atoms with van der Waals surface area (Å²) in [6, 6.07) is 10.6. The van der Waals surface area contributed by atoms with Crippen LogP contribution in [0.4, 0.5) is 0 Å². The Kier molecular flexibility index (Phi) is 8.18. The van der Waals surface area contributed by atoms with Crippen molar-refractivity contribution in [2.24, 2.45) is 0 Å². The third kappa shape index (κ3) is 5.21. The van der Waals surface area contributed by atoms with Crippen LogP contribution >= 0.6 is 34.7 Å². The van der Waals surface area contributed by atoms with E-state index in [1.54, 1.807) is 44.2 Å². The van der Waals surface area contributed by atoms with Crippen LogP contribution in [0.15, 0.2) is 59.0 Å². The van der Waals surface area contributed by atoms with Crippen LogP contribution in [-0.4, -0.2) is 41.1 Å². The number of nitrogens with zero attached hydrogens (tertiary/aromatic N) is 1. The van der Waals surface area contributed by atoms with Gasteiger partial charge in [0.25, 0.3) is 0 Å². The minimum atomic E-state index is -0.475. The lowest BCUT2D eigenvalue weighted by molar-refractivity contribution is -0.137. The molecule has 0 aliphatic heterocycles. The number of halogens is 1. The van der Waals surface area contributed by atoms with Gasteiger partial charge in [-0.25, -0.2) is 9.59 Å². The standard InChI is InChI=1S/C27H24ClNO5S2/c1-4-33-20(30)7-6-14-35-27-23-22(25(36-27)24(31)17-8-10-18(28)11-9-17)21(26(32)34-5-2)19-15-16(3)12-13-29(19)23/h6-13,15H,4-5,14H2,1-3H3/b7-6+. The number of thiophene rings is 1. The topological polar surface area (TPSA) is 74.1 Å². The molecule has 4 aromatic rings. The Hall–Kier alpha value is -3.07. The summed E-state index contributed by atoms with van der Waals surface area (Å²) in [5.41, 5.74) is 3.28. The molecule has 0 spiro atoms. The van der Waals surface area contributed by atoms with E-state index in [2.05, 4.69) is 0 Å². The number of carbonyl (C=O) groups excluding carboxylic acids is 3. The molecule has 0 saturated carbocycles. The normalized spacial score (nSPS) is 11.4. The SMILES string of the molecule is CCOC(=O)/C=C/CSc1sc(C(=O)c2ccc(Cl)cc2)c2c(C(=O)OCC)c3cc(C)ccn3c12. The van der Waals surface area contributed by atoms with Crippen molar-refractivity contribution < 1.29 is 23.9 Å². The number of rotatable bonds is 9. The predicted octanol–water partition coefficient (Wildman–Crippen LogP) is 6.73. The zero-order chi connectivity index (χ0) is 25.8. The Morgan fingerprint density at radius 1 is 1.08 bits per heavy atom. The Morgan fingerprint density at radius 2 is 1.81 bits per heavy atom. The van der Waals surface area contributed by atoms with Crippen molar-refractivity contribution in [1.29, 1.82) is 0 Å². The quantitative estimate of drug-likeness (QED) is 0.101. The lowest BCUT2D eigenvalue weighted by Gasteiger charge is -2.05. The van der Waals surface area contributed by atoms with Crippen LogP contribution < -0.4 is 0 Å². The lowest BCUT2D eigenvalue weighted by Crippen LogP contribution is -2.06. The summed E-state index contributed by atoms with van der Waals surface area (Å²) in [7, 11) is 0. The number of carbonyl (C=O) groups is 3. The molecule has 0 bridgehead atoms. The number of pyridine rings is 1. The van der Waals surface area contributed by atoms with Gasteiger partial charge >= 0.3 is 11.9 Å². The monoisotopic (exact) mass is 541 g/mol. The highest BCUT2D eigenvalue weighted by molar-refractivity contribution is 8.01. The molecule has 186 valence electrons. The number of aromatic nitrogens is 1. The van der Waals surface area contributed by atoms with Gasteiger partial charge < -0.3 is 13.9 Å². The predicted molar refractivity (Wildman–Crippen MR) is 145 cm³/mol. The van der Waals surface area contributed by atoms with Gasteiger partial charge in [-0.05, 0) is 62.7 Å². The van der Waals surface area contributed by atoms with Gasteiger partial charge in [0.1, 0.15) is 0 Å². The zero-order valence-corrected chi connectivity index (χ0v) is 22.4. The Labute approximate surface area is 221 Å². The van der Waals surface area contributed by atoms with Crippen molar-refractivity contribution in [1.82, 2.24) is 4.40 Å². The third-order valence-corrected chi connectivity index (χ3v) is 8.00. The molecule has 6 nitrogen and oxygen atoms in total. The van der Waals surface area contributed by atoms with E-state index in [1.165, 1.54) is 29.2 Å². The second-order valence-electron chi connectivity index (χ2n) is 7.80. The summed E-state index contributed by atoms with van der Waals surface area (Å²) in [5, 5.41) is 1.10. The van der Waals surface area contributed by atoms with E-state index in [0.29, 0.717) is 44.3 Å². The van der Waals surface area contributed by atoms with Crippen LogP contribution in [0.5, 0.6) is 0 Å². The number of fused-ring (bicyclic) bond motifs is 3. The van der Waals surface area contributed by atoms with Gasteiger partial charge in [0.05, 0.1) is 38.9 Å². The highest BCUT2D eigenvalue weighted by Crippen LogP contribution is 2.44. The van der Waals surface area contributed by atoms with Crippen molar-refractivity contribution in [3.63, 3.8) is 0 Å². The first-order valence-electron chi connectivity index (χ1n) is 11.4. The molecule has 3 heterocycles. The maximum atomic E-state index is 13.7. The van der Waals surface area contributed by atoms with Gasteiger partial charge in [-0.15, -0.1) is 23.1 Å². The molecule has 0 saturated heterocycles. The Morgan fingerprint density at radius 3 is 2.50 bits per heavy atom. The van der Waals surface area contributed by atoms with Crippen LogP contribution in [0.25, 0.3) is 16.4 Å². The molecule has 0 radical (unpaired) electrons. The Bertz CT molecular complexity index is 1480. The summed E-state index contributed by atoms with van der Waals surface area (Å²) in [6.45, 7) is 5.98. The summed E-state index contributed by atoms with van der Waals surface area (Å²) < 4.78 is 13.1. The maximum Gasteiger partial charge on any atom is 0.341 e. The van der Waals surface area contributed by atoms with Crippen molar-refractivity contribution in [3.8, 4) is 0 Å². The lowest BCUT2D eigenvalue weighted by atomic mass is 10.1. The molecule has 0 aliphatic rings. The van der Waals surface area contributed by atoms with Gasteiger partial charge in [-0.3, -0.25) is 4.79 Å². The third-order valence-electron chi connectivity index (χ3n) is 5.35. The smallest absolute Gasteiger partial charge is 0.341 e. The average Bonchev–Trinajstić information content (AvgIpc) is 3.37. The minimum absolute atomic E-state index is 0.200. The number of aryl methyl sites for hydroxylation is 1. The minimum Gasteiger partial charge on any atom is -0.463 e. The number of ether oxygens (including phenoxy) is 2. The van der Waals surface area contributed by atoms with E-state index in [4.69, 9.17) is 21.1 Å². The second-order valence-corrected chi connectivity index (χ2v) is 10.5.